The zero-order chi connectivity index (χ0) is 10.7. The Hall–Kier alpha value is -0.130. The molecule has 0 aromatic heterocycles. The van der Waals surface area contributed by atoms with E-state index >= 15 is 0 Å². The monoisotopic (exact) mass is 277 g/mol. The Morgan fingerprint density at radius 1 is 1.33 bits per heavy atom. The van der Waals surface area contributed by atoms with Crippen LogP contribution in [0.2, 0.25) is 0 Å². The van der Waals surface area contributed by atoms with Gasteiger partial charge in [0.15, 0.2) is 6.10 Å². The van der Waals surface area contributed by atoms with E-state index in [9.17, 15) is 4.79 Å². The number of alkyl halides is 1. The van der Waals surface area contributed by atoms with Crippen molar-refractivity contribution in [2.24, 2.45) is 0 Å². The molecule has 1 aliphatic heterocycles. The van der Waals surface area contributed by atoms with Gasteiger partial charge in [-0.3, -0.25) is 4.79 Å². The summed E-state index contributed by atoms with van der Waals surface area (Å²) in [5, 5.41) is 3.01. The predicted molar refractivity (Wildman–Crippen MR) is 59.1 cm³/mol. The third-order valence-corrected chi connectivity index (χ3v) is 3.96. The van der Waals surface area contributed by atoms with Gasteiger partial charge in [-0.15, -0.1) is 0 Å². The van der Waals surface area contributed by atoms with Crippen LogP contribution in [-0.2, 0) is 14.3 Å². The van der Waals surface area contributed by atoms with Crippen molar-refractivity contribution in [1.29, 1.82) is 0 Å². The molecule has 1 amide bonds. The van der Waals surface area contributed by atoms with E-state index in [0.29, 0.717) is 24.6 Å². The minimum atomic E-state index is -0.418. The van der Waals surface area contributed by atoms with Crippen LogP contribution in [0.5, 0.6) is 0 Å². The van der Waals surface area contributed by atoms with Crippen LogP contribution in [0.3, 0.4) is 0 Å². The number of nitrogens with one attached hydrogen (secondary N) is 1. The molecule has 2 aliphatic rings. The summed E-state index contributed by atoms with van der Waals surface area (Å²) < 4.78 is 10.5. The molecule has 2 rings (SSSR count). The summed E-state index contributed by atoms with van der Waals surface area (Å²) in [7, 11) is 0. The Morgan fingerprint density at radius 3 is 2.80 bits per heavy atom. The van der Waals surface area contributed by atoms with Crippen LogP contribution in [0.4, 0.5) is 0 Å². The molecule has 0 aromatic carbocycles. The van der Waals surface area contributed by atoms with Gasteiger partial charge >= 0.3 is 0 Å². The number of rotatable bonds is 2. The first-order chi connectivity index (χ1) is 7.27. The minimum absolute atomic E-state index is 0.0361. The lowest BCUT2D eigenvalue weighted by Crippen LogP contribution is -2.47. The molecule has 5 heteroatoms. The van der Waals surface area contributed by atoms with Crippen molar-refractivity contribution in [2.75, 3.05) is 19.8 Å². The van der Waals surface area contributed by atoms with Gasteiger partial charge in [0, 0.05) is 10.9 Å². The smallest absolute Gasteiger partial charge is 0.251 e. The van der Waals surface area contributed by atoms with Crippen molar-refractivity contribution in [3.8, 4) is 0 Å². The maximum atomic E-state index is 11.8. The summed E-state index contributed by atoms with van der Waals surface area (Å²) in [4.78, 5) is 12.2. The van der Waals surface area contributed by atoms with Gasteiger partial charge in [0.25, 0.3) is 5.91 Å². The van der Waals surface area contributed by atoms with Gasteiger partial charge in [-0.1, -0.05) is 22.4 Å². The van der Waals surface area contributed by atoms with Crippen LogP contribution in [-0.4, -0.2) is 42.7 Å². The molecule has 86 valence electrons. The Labute approximate surface area is 97.8 Å². The summed E-state index contributed by atoms with van der Waals surface area (Å²) in [5.41, 5.74) is 0. The second-order valence-corrected chi connectivity index (χ2v) is 5.17. The van der Waals surface area contributed by atoms with Crippen molar-refractivity contribution < 1.29 is 14.3 Å². The summed E-state index contributed by atoms with van der Waals surface area (Å²) >= 11 is 3.57. The van der Waals surface area contributed by atoms with E-state index in [1.807, 2.05) is 0 Å². The summed E-state index contributed by atoms with van der Waals surface area (Å²) in [6, 6.07) is 0.253. The van der Waals surface area contributed by atoms with Crippen molar-refractivity contribution in [1.82, 2.24) is 5.32 Å². The van der Waals surface area contributed by atoms with Crippen molar-refractivity contribution >= 4 is 21.8 Å². The third kappa shape index (κ3) is 2.92. The van der Waals surface area contributed by atoms with Crippen molar-refractivity contribution in [3.05, 3.63) is 0 Å². The highest BCUT2D eigenvalue weighted by molar-refractivity contribution is 9.09. The topological polar surface area (TPSA) is 47.6 Å². The lowest BCUT2D eigenvalue weighted by Gasteiger charge is -2.24. The van der Waals surface area contributed by atoms with E-state index < -0.39 is 6.10 Å². The molecule has 15 heavy (non-hydrogen) atoms. The Balaban J connectivity index is 1.80. The number of amides is 1. The molecule has 0 radical (unpaired) electrons. The minimum Gasteiger partial charge on any atom is -0.376 e. The summed E-state index contributed by atoms with van der Waals surface area (Å²) in [6.45, 7) is 1.49. The Bertz CT molecular complexity index is 231. The van der Waals surface area contributed by atoms with Gasteiger partial charge in [0.1, 0.15) is 0 Å². The van der Waals surface area contributed by atoms with Crippen LogP contribution in [0.15, 0.2) is 0 Å². The Morgan fingerprint density at radius 2 is 2.20 bits per heavy atom. The van der Waals surface area contributed by atoms with Crippen LogP contribution >= 0.6 is 15.9 Å². The molecule has 0 aromatic rings. The molecular weight excluding hydrogens is 262 g/mol. The highest BCUT2D eigenvalue weighted by Gasteiger charge is 2.30. The zero-order valence-corrected chi connectivity index (χ0v) is 10.2. The summed E-state index contributed by atoms with van der Waals surface area (Å²) in [5.74, 6) is -0.0361. The molecule has 0 bridgehead atoms. The first-order valence-corrected chi connectivity index (χ1v) is 6.33. The number of ether oxygens (including phenoxy) is 2. The van der Waals surface area contributed by atoms with E-state index in [4.69, 9.17) is 9.47 Å². The van der Waals surface area contributed by atoms with Crippen molar-refractivity contribution in [2.45, 2.75) is 36.2 Å². The maximum absolute atomic E-state index is 11.8. The fourth-order valence-corrected chi connectivity index (χ4v) is 2.71. The van der Waals surface area contributed by atoms with Crippen LogP contribution in [0, 0.1) is 0 Å². The van der Waals surface area contributed by atoms with Crippen LogP contribution in [0.25, 0.3) is 0 Å². The lowest BCUT2D eigenvalue weighted by molar-refractivity contribution is -0.148. The molecule has 1 saturated carbocycles. The SMILES string of the molecule is O=C(NC1CCCC1Br)C1COCCO1. The Kier molecular flexibility index (Phi) is 3.99. The van der Waals surface area contributed by atoms with Gasteiger partial charge < -0.3 is 14.8 Å². The number of hydrogen-bond donors (Lipinski definition) is 1. The molecule has 1 saturated heterocycles. The van der Waals surface area contributed by atoms with E-state index in [2.05, 4.69) is 21.2 Å². The quantitative estimate of drug-likeness (QED) is 0.761. The number of hydrogen-bond acceptors (Lipinski definition) is 3. The molecule has 1 heterocycles. The number of carbonyl (C=O) groups is 1. The van der Waals surface area contributed by atoms with Crippen LogP contribution < -0.4 is 5.32 Å². The first-order valence-electron chi connectivity index (χ1n) is 5.41. The fraction of sp³-hybridized carbons (Fsp3) is 0.900. The molecule has 1 aliphatic carbocycles. The van der Waals surface area contributed by atoms with E-state index in [0.717, 1.165) is 12.8 Å². The maximum Gasteiger partial charge on any atom is 0.251 e. The number of carbonyl (C=O) groups excluding carboxylic acids is 1. The largest absolute Gasteiger partial charge is 0.376 e. The molecule has 4 nitrogen and oxygen atoms in total. The van der Waals surface area contributed by atoms with Gasteiger partial charge in [0.2, 0.25) is 0 Å². The standard InChI is InChI=1S/C10H16BrNO3/c11-7-2-1-3-8(7)12-10(13)9-6-14-4-5-15-9/h7-9H,1-6H2,(H,12,13). The molecule has 3 atom stereocenters. The van der Waals surface area contributed by atoms with Gasteiger partial charge in [0.05, 0.1) is 19.8 Å². The normalized spacial score (nSPS) is 36.5. The highest BCUT2D eigenvalue weighted by atomic mass is 79.9. The first kappa shape index (κ1) is 11.4. The van der Waals surface area contributed by atoms with Gasteiger partial charge in [-0.2, -0.15) is 0 Å². The molecule has 1 N–H and O–H groups in total. The third-order valence-electron chi connectivity index (χ3n) is 2.87. The predicted octanol–water partition coefficient (Wildman–Crippen LogP) is 0.834. The number of halogens is 1. The van der Waals surface area contributed by atoms with Gasteiger partial charge in [-0.25, -0.2) is 0 Å². The summed E-state index contributed by atoms with van der Waals surface area (Å²) in [6.07, 6.45) is 2.93. The average Bonchev–Trinajstić information content (AvgIpc) is 2.66. The molecule has 0 spiro atoms. The van der Waals surface area contributed by atoms with E-state index in [-0.39, 0.29) is 11.9 Å². The molecule has 3 unspecified atom stereocenters. The second kappa shape index (κ2) is 5.27. The second-order valence-electron chi connectivity index (χ2n) is 4.00. The molecule has 2 fully saturated rings. The zero-order valence-electron chi connectivity index (χ0n) is 8.58. The highest BCUT2D eigenvalue weighted by Crippen LogP contribution is 2.25. The van der Waals surface area contributed by atoms with E-state index in [1.165, 1.54) is 6.42 Å². The van der Waals surface area contributed by atoms with E-state index in [1.54, 1.807) is 0 Å². The van der Waals surface area contributed by atoms with Crippen molar-refractivity contribution in [3.63, 3.8) is 0 Å². The van der Waals surface area contributed by atoms with Gasteiger partial charge in [-0.05, 0) is 12.8 Å². The molecular formula is C10H16BrNO3. The fourth-order valence-electron chi connectivity index (χ4n) is 1.99. The van der Waals surface area contributed by atoms with Crippen LogP contribution in [0.1, 0.15) is 19.3 Å². The lowest BCUT2D eigenvalue weighted by atomic mass is 10.2. The average molecular weight is 278 g/mol.